The summed E-state index contributed by atoms with van der Waals surface area (Å²) in [4.78, 5) is 25.3. The molecular weight excluding hydrogens is 418 g/mol. The zero-order valence-electron chi connectivity index (χ0n) is 17.2. The average molecular weight is 440 g/mol. The van der Waals surface area contributed by atoms with Crippen LogP contribution in [0.1, 0.15) is 32.0 Å². The fourth-order valence-corrected chi connectivity index (χ4v) is 4.23. The molecule has 0 saturated carbocycles. The molecule has 0 bridgehead atoms. The third-order valence-corrected chi connectivity index (χ3v) is 5.93. The number of sulfonamides is 1. The largest absolute Gasteiger partial charge is 0.309 e. The van der Waals surface area contributed by atoms with Crippen LogP contribution in [0.2, 0.25) is 0 Å². The SMILES string of the molecule is CC(C)(C)c1cc(NC(=O)CN=C2NS(=O)(=O)c3ccccc32)n(-c2ncccn2)n1. The number of nitrogens with one attached hydrogen (secondary N) is 2. The van der Waals surface area contributed by atoms with Crippen LogP contribution in [0.15, 0.2) is 58.7 Å². The van der Waals surface area contributed by atoms with Crippen LogP contribution >= 0.6 is 0 Å². The van der Waals surface area contributed by atoms with Gasteiger partial charge >= 0.3 is 0 Å². The van der Waals surface area contributed by atoms with Crippen LogP contribution in [-0.4, -0.2) is 46.5 Å². The number of rotatable bonds is 4. The minimum atomic E-state index is -3.66. The summed E-state index contributed by atoms with van der Waals surface area (Å²) in [6.45, 7) is 5.74. The van der Waals surface area contributed by atoms with Gasteiger partial charge in [-0.15, -0.1) is 0 Å². The van der Waals surface area contributed by atoms with E-state index >= 15 is 0 Å². The lowest BCUT2D eigenvalue weighted by molar-refractivity contribution is -0.114. The van der Waals surface area contributed by atoms with Gasteiger partial charge in [-0.1, -0.05) is 32.9 Å². The Hall–Kier alpha value is -3.60. The molecule has 1 amide bonds. The highest BCUT2D eigenvalue weighted by Crippen LogP contribution is 2.25. The molecule has 31 heavy (non-hydrogen) atoms. The molecule has 0 radical (unpaired) electrons. The number of hydrogen-bond acceptors (Lipinski definition) is 7. The van der Waals surface area contributed by atoms with Gasteiger partial charge in [0.25, 0.3) is 16.0 Å². The molecule has 1 aliphatic rings. The average Bonchev–Trinajstić information content (AvgIpc) is 3.26. The lowest BCUT2D eigenvalue weighted by Gasteiger charge is -2.13. The number of carbonyl (C=O) groups is 1. The van der Waals surface area contributed by atoms with Crippen molar-refractivity contribution in [3.63, 3.8) is 0 Å². The second-order valence-corrected chi connectivity index (χ2v) is 9.59. The van der Waals surface area contributed by atoms with Gasteiger partial charge in [0.05, 0.1) is 10.6 Å². The Morgan fingerprint density at radius 3 is 2.58 bits per heavy atom. The number of amidine groups is 1. The first-order valence-corrected chi connectivity index (χ1v) is 11.0. The molecular formula is C20H21N7O3S. The molecule has 0 spiro atoms. The summed E-state index contributed by atoms with van der Waals surface area (Å²) < 4.78 is 28.2. The summed E-state index contributed by atoms with van der Waals surface area (Å²) >= 11 is 0. The van der Waals surface area contributed by atoms with Gasteiger partial charge in [-0.25, -0.2) is 18.4 Å². The molecule has 1 aliphatic heterocycles. The number of anilines is 1. The highest BCUT2D eigenvalue weighted by molar-refractivity contribution is 7.90. The predicted octanol–water partition coefficient (Wildman–Crippen LogP) is 1.64. The number of aliphatic imine (C=N–C) groups is 1. The highest BCUT2D eigenvalue weighted by Gasteiger charge is 2.30. The summed E-state index contributed by atoms with van der Waals surface area (Å²) in [6.07, 6.45) is 3.17. The molecule has 3 heterocycles. The lowest BCUT2D eigenvalue weighted by atomic mass is 9.92. The van der Waals surface area contributed by atoms with E-state index in [-0.39, 0.29) is 22.7 Å². The number of fused-ring (bicyclic) bond motifs is 1. The van der Waals surface area contributed by atoms with E-state index in [1.807, 2.05) is 20.8 Å². The maximum atomic E-state index is 12.6. The molecule has 2 aromatic heterocycles. The van der Waals surface area contributed by atoms with E-state index in [1.54, 1.807) is 42.7 Å². The number of benzene rings is 1. The Labute approximate surface area is 179 Å². The number of nitrogens with zero attached hydrogens (tertiary/aromatic N) is 5. The summed E-state index contributed by atoms with van der Waals surface area (Å²) in [6, 6.07) is 9.92. The topological polar surface area (TPSA) is 131 Å². The van der Waals surface area contributed by atoms with E-state index in [9.17, 15) is 13.2 Å². The molecule has 11 heteroatoms. The van der Waals surface area contributed by atoms with Crippen LogP contribution in [-0.2, 0) is 20.2 Å². The fraction of sp³-hybridized carbons (Fsp3) is 0.250. The maximum absolute atomic E-state index is 12.6. The zero-order valence-corrected chi connectivity index (χ0v) is 18.0. The van der Waals surface area contributed by atoms with Crippen LogP contribution in [0.3, 0.4) is 0 Å². The van der Waals surface area contributed by atoms with E-state index < -0.39 is 15.9 Å². The summed E-state index contributed by atoms with van der Waals surface area (Å²) in [5.74, 6) is 0.417. The Balaban J connectivity index is 1.58. The number of hydrogen-bond donors (Lipinski definition) is 2. The fourth-order valence-electron chi connectivity index (χ4n) is 2.97. The van der Waals surface area contributed by atoms with Gasteiger partial charge in [-0.3, -0.25) is 14.5 Å². The molecule has 0 aliphatic carbocycles. The smallest absolute Gasteiger partial charge is 0.263 e. The van der Waals surface area contributed by atoms with Crippen molar-refractivity contribution in [1.82, 2.24) is 24.5 Å². The van der Waals surface area contributed by atoms with Crippen molar-refractivity contribution >= 4 is 27.6 Å². The van der Waals surface area contributed by atoms with Gasteiger partial charge in [0, 0.05) is 29.4 Å². The van der Waals surface area contributed by atoms with Gasteiger partial charge in [0.1, 0.15) is 18.2 Å². The van der Waals surface area contributed by atoms with Crippen molar-refractivity contribution in [3.05, 3.63) is 60.0 Å². The monoisotopic (exact) mass is 439 g/mol. The Morgan fingerprint density at radius 1 is 1.16 bits per heavy atom. The van der Waals surface area contributed by atoms with Gasteiger partial charge < -0.3 is 5.32 Å². The van der Waals surface area contributed by atoms with Crippen molar-refractivity contribution in [1.29, 1.82) is 0 Å². The molecule has 1 aromatic carbocycles. The summed E-state index contributed by atoms with van der Waals surface area (Å²) in [5, 5.41) is 7.31. The van der Waals surface area contributed by atoms with Crippen molar-refractivity contribution in [2.24, 2.45) is 4.99 Å². The van der Waals surface area contributed by atoms with Gasteiger partial charge in [-0.05, 0) is 18.2 Å². The van der Waals surface area contributed by atoms with Gasteiger partial charge in [-0.2, -0.15) is 9.78 Å². The Bertz CT molecular complexity index is 1280. The second kappa shape index (κ2) is 7.58. The number of carbonyl (C=O) groups excluding carboxylic acids is 1. The summed E-state index contributed by atoms with van der Waals surface area (Å²) in [7, 11) is -3.66. The van der Waals surface area contributed by atoms with Crippen LogP contribution in [0.5, 0.6) is 0 Å². The number of amides is 1. The Morgan fingerprint density at radius 2 is 1.87 bits per heavy atom. The van der Waals surface area contributed by atoms with E-state index in [0.29, 0.717) is 17.3 Å². The predicted molar refractivity (Wildman–Crippen MR) is 115 cm³/mol. The first-order valence-electron chi connectivity index (χ1n) is 9.49. The normalized spacial score (nSPS) is 16.0. The van der Waals surface area contributed by atoms with E-state index in [2.05, 4.69) is 30.1 Å². The second-order valence-electron chi connectivity index (χ2n) is 7.94. The summed E-state index contributed by atoms with van der Waals surface area (Å²) in [5.41, 5.74) is 0.929. The van der Waals surface area contributed by atoms with Crippen LogP contribution in [0, 0.1) is 0 Å². The zero-order chi connectivity index (χ0) is 22.2. The Kier molecular flexibility index (Phi) is 5.05. The minimum Gasteiger partial charge on any atom is -0.309 e. The molecule has 2 N–H and O–H groups in total. The van der Waals surface area contributed by atoms with Crippen molar-refractivity contribution in [3.8, 4) is 5.95 Å². The van der Waals surface area contributed by atoms with E-state index in [1.165, 1.54) is 10.7 Å². The third kappa shape index (κ3) is 4.17. The number of aromatic nitrogens is 4. The lowest BCUT2D eigenvalue weighted by Crippen LogP contribution is -2.24. The molecule has 10 nitrogen and oxygen atoms in total. The molecule has 0 saturated heterocycles. The third-order valence-electron chi connectivity index (χ3n) is 4.53. The highest BCUT2D eigenvalue weighted by atomic mass is 32.2. The van der Waals surface area contributed by atoms with Crippen molar-refractivity contribution in [2.75, 3.05) is 11.9 Å². The molecule has 160 valence electrons. The molecule has 4 rings (SSSR count). The standard InChI is InChI=1S/C20H21N7O3S/c1-20(2,3)15-11-16(27(25-15)19-21-9-6-10-22-19)24-17(28)12-23-18-13-7-4-5-8-14(13)31(29,30)26-18/h4-11H,12H2,1-3H3,(H,23,26)(H,24,28). The van der Waals surface area contributed by atoms with Crippen LogP contribution in [0.25, 0.3) is 5.95 Å². The van der Waals surface area contributed by atoms with E-state index in [4.69, 9.17) is 0 Å². The van der Waals surface area contributed by atoms with Gasteiger partial charge in [0.2, 0.25) is 5.91 Å². The quantitative estimate of drug-likeness (QED) is 0.635. The van der Waals surface area contributed by atoms with Crippen molar-refractivity contribution < 1.29 is 13.2 Å². The van der Waals surface area contributed by atoms with Gasteiger partial charge in [0.15, 0.2) is 0 Å². The molecule has 0 unspecified atom stereocenters. The van der Waals surface area contributed by atoms with Crippen LogP contribution in [0.4, 0.5) is 5.82 Å². The molecule has 0 atom stereocenters. The molecule has 0 fully saturated rings. The van der Waals surface area contributed by atoms with Crippen LogP contribution < -0.4 is 10.0 Å². The first-order chi connectivity index (χ1) is 14.6. The van der Waals surface area contributed by atoms with E-state index in [0.717, 1.165) is 5.69 Å². The first kappa shape index (κ1) is 20.7. The van der Waals surface area contributed by atoms with Crippen molar-refractivity contribution in [2.45, 2.75) is 31.1 Å². The maximum Gasteiger partial charge on any atom is 0.263 e. The minimum absolute atomic E-state index is 0.140. The molecule has 3 aromatic rings.